The molecular weight excluding hydrogens is 260 g/mol. The van der Waals surface area contributed by atoms with Crippen LogP contribution in [-0.2, 0) is 4.79 Å². The molecule has 2 fully saturated rings. The first-order valence-corrected chi connectivity index (χ1v) is 8.97. The molecule has 122 valence electrons. The van der Waals surface area contributed by atoms with Crippen LogP contribution in [-0.4, -0.2) is 11.1 Å². The van der Waals surface area contributed by atoms with Crippen LogP contribution in [0.15, 0.2) is 0 Å². The maximum Gasteiger partial charge on any atom is 0.303 e. The Kier molecular flexibility index (Phi) is 5.05. The van der Waals surface area contributed by atoms with Crippen LogP contribution in [0.3, 0.4) is 0 Å². The summed E-state index contributed by atoms with van der Waals surface area (Å²) in [6, 6.07) is 0. The van der Waals surface area contributed by atoms with E-state index in [9.17, 15) is 4.79 Å². The van der Waals surface area contributed by atoms with Gasteiger partial charge in [-0.25, -0.2) is 0 Å². The zero-order valence-electron chi connectivity index (χ0n) is 14.5. The van der Waals surface area contributed by atoms with Gasteiger partial charge in [0.2, 0.25) is 0 Å². The number of carbonyl (C=O) groups is 1. The lowest BCUT2D eigenvalue weighted by atomic mass is 9.48. The molecular formula is C19H34O2. The van der Waals surface area contributed by atoms with Gasteiger partial charge in [-0.15, -0.1) is 0 Å². The second-order valence-corrected chi connectivity index (χ2v) is 8.81. The zero-order valence-corrected chi connectivity index (χ0v) is 14.5. The minimum absolute atomic E-state index is 0.322. The van der Waals surface area contributed by atoms with Gasteiger partial charge in [0.05, 0.1) is 0 Å². The average Bonchev–Trinajstić information content (AvgIpc) is 2.35. The summed E-state index contributed by atoms with van der Waals surface area (Å²) in [5.74, 6) is 1.36. The van der Waals surface area contributed by atoms with Crippen molar-refractivity contribution in [2.45, 2.75) is 85.5 Å². The number of carboxylic acids is 1. The average molecular weight is 294 g/mol. The molecule has 0 amide bonds. The molecule has 0 aliphatic heterocycles. The largest absolute Gasteiger partial charge is 0.481 e. The maximum absolute atomic E-state index is 10.8. The molecule has 2 aliphatic carbocycles. The molecule has 2 rings (SSSR count). The number of aliphatic carboxylic acids is 1. The fraction of sp³-hybridized carbons (Fsp3) is 0.947. The maximum atomic E-state index is 10.8. The van der Waals surface area contributed by atoms with Crippen molar-refractivity contribution in [3.63, 3.8) is 0 Å². The SMILES string of the molecule is C[C@H](CCC1CCCC2C(C)(C)CCCC12C)CC(=O)O. The second kappa shape index (κ2) is 6.30. The summed E-state index contributed by atoms with van der Waals surface area (Å²) in [6.07, 6.45) is 10.9. The molecule has 21 heavy (non-hydrogen) atoms. The number of rotatable bonds is 5. The number of fused-ring (bicyclic) bond motifs is 1. The molecule has 0 aromatic rings. The van der Waals surface area contributed by atoms with Crippen molar-refractivity contribution < 1.29 is 9.90 Å². The Hall–Kier alpha value is -0.530. The predicted octanol–water partition coefficient (Wildman–Crippen LogP) is 5.51. The first-order valence-electron chi connectivity index (χ1n) is 8.97. The van der Waals surface area contributed by atoms with Crippen molar-refractivity contribution in [3.05, 3.63) is 0 Å². The van der Waals surface area contributed by atoms with Crippen LogP contribution < -0.4 is 0 Å². The third-order valence-electron chi connectivity index (χ3n) is 6.78. The van der Waals surface area contributed by atoms with Gasteiger partial charge in [-0.2, -0.15) is 0 Å². The molecule has 0 radical (unpaired) electrons. The topological polar surface area (TPSA) is 37.3 Å². The van der Waals surface area contributed by atoms with Gasteiger partial charge in [-0.05, 0) is 67.1 Å². The standard InChI is InChI=1S/C19H34O2/c1-14(13-17(20)21)9-10-15-7-5-8-16-18(2,3)11-6-12-19(15,16)4/h14-16H,5-13H2,1-4H3,(H,20,21)/t14-,15?,16?,19?/m1/s1. The summed E-state index contributed by atoms with van der Waals surface area (Å²) in [6.45, 7) is 9.60. The van der Waals surface area contributed by atoms with E-state index in [0.29, 0.717) is 23.2 Å². The highest BCUT2D eigenvalue weighted by molar-refractivity contribution is 5.66. The fourth-order valence-corrected chi connectivity index (χ4v) is 5.63. The van der Waals surface area contributed by atoms with Crippen molar-refractivity contribution >= 4 is 5.97 Å². The highest BCUT2D eigenvalue weighted by Gasteiger charge is 2.51. The van der Waals surface area contributed by atoms with E-state index in [-0.39, 0.29) is 0 Å². The molecule has 3 unspecified atom stereocenters. The van der Waals surface area contributed by atoms with Crippen LogP contribution in [0.1, 0.15) is 85.5 Å². The Labute approximate surface area is 130 Å². The van der Waals surface area contributed by atoms with E-state index < -0.39 is 5.97 Å². The lowest BCUT2D eigenvalue weighted by molar-refractivity contribution is -0.138. The van der Waals surface area contributed by atoms with Crippen molar-refractivity contribution in [2.24, 2.45) is 28.6 Å². The van der Waals surface area contributed by atoms with Gasteiger partial charge < -0.3 is 5.11 Å². The first-order chi connectivity index (χ1) is 9.75. The van der Waals surface area contributed by atoms with Gasteiger partial charge in [0.1, 0.15) is 0 Å². The fourth-order valence-electron chi connectivity index (χ4n) is 5.63. The van der Waals surface area contributed by atoms with Gasteiger partial charge >= 0.3 is 5.97 Å². The quantitative estimate of drug-likeness (QED) is 0.726. The Morgan fingerprint density at radius 1 is 1.19 bits per heavy atom. The molecule has 2 saturated carbocycles. The monoisotopic (exact) mass is 294 g/mol. The lowest BCUT2D eigenvalue weighted by Gasteiger charge is -2.57. The van der Waals surface area contributed by atoms with Crippen molar-refractivity contribution in [3.8, 4) is 0 Å². The zero-order chi connectivity index (χ0) is 15.7. The molecule has 0 spiro atoms. The Morgan fingerprint density at radius 3 is 2.57 bits per heavy atom. The molecule has 2 aliphatic rings. The summed E-state index contributed by atoms with van der Waals surface area (Å²) < 4.78 is 0. The van der Waals surface area contributed by atoms with Gasteiger partial charge in [-0.3, -0.25) is 4.79 Å². The smallest absolute Gasteiger partial charge is 0.303 e. The molecule has 0 aromatic carbocycles. The van der Waals surface area contributed by atoms with Crippen molar-refractivity contribution in [1.29, 1.82) is 0 Å². The van der Waals surface area contributed by atoms with Crippen molar-refractivity contribution in [1.82, 2.24) is 0 Å². The van der Waals surface area contributed by atoms with E-state index in [2.05, 4.69) is 27.7 Å². The van der Waals surface area contributed by atoms with Crippen molar-refractivity contribution in [2.75, 3.05) is 0 Å². The van der Waals surface area contributed by atoms with Crippen LogP contribution in [0.5, 0.6) is 0 Å². The van der Waals surface area contributed by atoms with Crippen LogP contribution >= 0.6 is 0 Å². The third kappa shape index (κ3) is 3.63. The number of carboxylic acid groups (broad SMARTS) is 1. The minimum Gasteiger partial charge on any atom is -0.481 e. The van der Waals surface area contributed by atoms with E-state index in [1.54, 1.807) is 0 Å². The highest BCUT2D eigenvalue weighted by atomic mass is 16.4. The molecule has 2 nitrogen and oxygen atoms in total. The highest BCUT2D eigenvalue weighted by Crippen LogP contribution is 2.60. The van der Waals surface area contributed by atoms with Gasteiger partial charge in [-0.1, -0.05) is 40.5 Å². The Morgan fingerprint density at radius 2 is 1.90 bits per heavy atom. The second-order valence-electron chi connectivity index (χ2n) is 8.81. The molecule has 4 atom stereocenters. The molecule has 1 N–H and O–H groups in total. The van der Waals surface area contributed by atoms with E-state index >= 15 is 0 Å². The molecule has 0 heterocycles. The van der Waals surface area contributed by atoms with Crippen LogP contribution in [0.4, 0.5) is 0 Å². The van der Waals surface area contributed by atoms with E-state index in [1.165, 1.54) is 44.9 Å². The minimum atomic E-state index is -0.644. The summed E-state index contributed by atoms with van der Waals surface area (Å²) in [5.41, 5.74) is 1.00. The lowest BCUT2D eigenvalue weighted by Crippen LogP contribution is -2.48. The first kappa shape index (κ1) is 16.8. The van der Waals surface area contributed by atoms with Gasteiger partial charge in [0, 0.05) is 6.42 Å². The Bertz CT molecular complexity index is 374. The molecule has 0 saturated heterocycles. The van der Waals surface area contributed by atoms with Crippen LogP contribution in [0.25, 0.3) is 0 Å². The van der Waals surface area contributed by atoms with Crippen LogP contribution in [0, 0.1) is 28.6 Å². The van der Waals surface area contributed by atoms with E-state index in [4.69, 9.17) is 5.11 Å². The molecule has 0 aromatic heterocycles. The summed E-state index contributed by atoms with van der Waals surface area (Å²) in [7, 11) is 0. The van der Waals surface area contributed by atoms with E-state index in [1.807, 2.05) is 0 Å². The summed E-state index contributed by atoms with van der Waals surface area (Å²) in [5, 5.41) is 8.93. The number of hydrogen-bond acceptors (Lipinski definition) is 1. The molecule has 0 bridgehead atoms. The number of hydrogen-bond donors (Lipinski definition) is 1. The van der Waals surface area contributed by atoms with Crippen LogP contribution in [0.2, 0.25) is 0 Å². The third-order valence-corrected chi connectivity index (χ3v) is 6.78. The summed E-state index contributed by atoms with van der Waals surface area (Å²) in [4.78, 5) is 10.8. The predicted molar refractivity (Wildman–Crippen MR) is 87.2 cm³/mol. The van der Waals surface area contributed by atoms with Gasteiger partial charge in [0.25, 0.3) is 0 Å². The molecule has 2 heteroatoms. The van der Waals surface area contributed by atoms with Gasteiger partial charge in [0.15, 0.2) is 0 Å². The normalized spacial score (nSPS) is 36.8. The Balaban J connectivity index is 2.01. The van der Waals surface area contributed by atoms with E-state index in [0.717, 1.165) is 18.3 Å². The summed E-state index contributed by atoms with van der Waals surface area (Å²) >= 11 is 0.